The molecule has 0 unspecified atom stereocenters. The molecule has 26 heavy (non-hydrogen) atoms. The lowest BCUT2D eigenvalue weighted by atomic mass is 9.95. The molecule has 8 heteroatoms. The lowest BCUT2D eigenvalue weighted by molar-refractivity contribution is -0.118. The summed E-state index contributed by atoms with van der Waals surface area (Å²) in [6, 6.07) is -0.326. The number of hydrogen-bond acceptors (Lipinski definition) is 3. The summed E-state index contributed by atoms with van der Waals surface area (Å²) in [7, 11) is 1.41. The molecule has 2 bridgehead atoms. The van der Waals surface area contributed by atoms with E-state index < -0.39 is 12.3 Å². The number of aryl methyl sites for hydroxylation is 1. The zero-order valence-electron chi connectivity index (χ0n) is 15.2. The predicted octanol–water partition coefficient (Wildman–Crippen LogP) is 2.58. The molecular weight excluding hydrogens is 342 g/mol. The summed E-state index contributed by atoms with van der Waals surface area (Å²) in [6.07, 6.45) is 3.33. The van der Waals surface area contributed by atoms with Gasteiger partial charge < -0.3 is 10.2 Å². The molecule has 1 aromatic rings. The highest BCUT2D eigenvalue weighted by atomic mass is 19.3. The molecule has 2 saturated heterocycles. The summed E-state index contributed by atoms with van der Waals surface area (Å²) in [4.78, 5) is 26.9. The van der Waals surface area contributed by atoms with Crippen LogP contribution in [0.1, 0.15) is 62.0 Å². The van der Waals surface area contributed by atoms with Crippen LogP contribution in [0.15, 0.2) is 17.8 Å². The van der Waals surface area contributed by atoms with E-state index in [0.29, 0.717) is 12.0 Å². The summed E-state index contributed by atoms with van der Waals surface area (Å²) in [5.74, 6) is -0.551. The second-order valence-corrected chi connectivity index (χ2v) is 6.99. The van der Waals surface area contributed by atoms with Crippen LogP contribution in [0, 0.1) is 0 Å². The van der Waals surface area contributed by atoms with E-state index in [0.717, 1.165) is 23.9 Å². The van der Waals surface area contributed by atoms with Crippen molar-refractivity contribution >= 4 is 11.8 Å². The van der Waals surface area contributed by atoms with Crippen molar-refractivity contribution in [2.75, 3.05) is 0 Å². The molecule has 1 aromatic heterocycles. The maximum absolute atomic E-state index is 13.3. The van der Waals surface area contributed by atoms with Crippen LogP contribution < -0.4 is 5.32 Å². The number of nitrogens with one attached hydrogen (secondary N) is 1. The van der Waals surface area contributed by atoms with Gasteiger partial charge in [-0.2, -0.15) is 5.10 Å². The third kappa shape index (κ3) is 3.12. The first kappa shape index (κ1) is 18.5. The topological polar surface area (TPSA) is 67.2 Å². The van der Waals surface area contributed by atoms with E-state index in [-0.39, 0.29) is 35.3 Å². The van der Waals surface area contributed by atoms with Crippen LogP contribution >= 0.6 is 0 Å². The molecule has 3 heterocycles. The van der Waals surface area contributed by atoms with E-state index in [1.165, 1.54) is 13.2 Å². The Bertz CT molecular complexity index is 744. The SMILES string of the molecule is CCC=C(C)C(=O)N[C@@H]1C[C@@H]2CC[C@H]1N2C(=O)c1cnn(C)c1C(F)F. The van der Waals surface area contributed by atoms with Gasteiger partial charge in [0.2, 0.25) is 5.91 Å². The number of hydrogen-bond donors (Lipinski definition) is 1. The van der Waals surface area contributed by atoms with Crippen molar-refractivity contribution in [2.24, 2.45) is 7.05 Å². The molecule has 3 atom stereocenters. The molecule has 2 amide bonds. The Morgan fingerprint density at radius 1 is 1.42 bits per heavy atom. The molecule has 0 radical (unpaired) electrons. The summed E-state index contributed by atoms with van der Waals surface area (Å²) >= 11 is 0. The lowest BCUT2D eigenvalue weighted by Gasteiger charge is -2.25. The highest BCUT2D eigenvalue weighted by molar-refractivity contribution is 5.96. The van der Waals surface area contributed by atoms with E-state index in [4.69, 9.17) is 0 Å². The number of carbonyl (C=O) groups excluding carboxylic acids is 2. The molecular formula is C18H24F2N4O2. The number of aromatic nitrogens is 2. The molecule has 142 valence electrons. The minimum Gasteiger partial charge on any atom is -0.347 e. The van der Waals surface area contributed by atoms with Crippen LogP contribution in [0.25, 0.3) is 0 Å². The molecule has 2 fully saturated rings. The largest absolute Gasteiger partial charge is 0.347 e. The Balaban J connectivity index is 1.78. The normalized spacial score (nSPS) is 25.2. The van der Waals surface area contributed by atoms with E-state index in [2.05, 4.69) is 10.4 Å². The number of alkyl halides is 2. The molecule has 3 rings (SSSR count). The number of nitrogens with zero attached hydrogens (tertiary/aromatic N) is 3. The average Bonchev–Trinajstić information content (AvgIpc) is 3.26. The molecule has 0 saturated carbocycles. The van der Waals surface area contributed by atoms with Gasteiger partial charge >= 0.3 is 0 Å². The van der Waals surface area contributed by atoms with Crippen LogP contribution in [0.4, 0.5) is 8.78 Å². The van der Waals surface area contributed by atoms with E-state index in [9.17, 15) is 18.4 Å². The van der Waals surface area contributed by atoms with Crippen molar-refractivity contribution in [3.05, 3.63) is 29.1 Å². The summed E-state index contributed by atoms with van der Waals surface area (Å²) in [6.45, 7) is 3.72. The predicted molar refractivity (Wildman–Crippen MR) is 91.7 cm³/mol. The van der Waals surface area contributed by atoms with Crippen molar-refractivity contribution in [1.82, 2.24) is 20.0 Å². The number of amides is 2. The van der Waals surface area contributed by atoms with Crippen molar-refractivity contribution in [2.45, 2.75) is 64.1 Å². The minimum atomic E-state index is -2.76. The van der Waals surface area contributed by atoms with E-state index >= 15 is 0 Å². The fourth-order valence-corrected chi connectivity index (χ4v) is 4.15. The monoisotopic (exact) mass is 366 g/mol. The van der Waals surface area contributed by atoms with Gasteiger partial charge in [0.25, 0.3) is 12.3 Å². The maximum Gasteiger partial charge on any atom is 0.280 e. The Morgan fingerprint density at radius 2 is 2.15 bits per heavy atom. The summed E-state index contributed by atoms with van der Waals surface area (Å²) in [5.41, 5.74) is 0.248. The number of halogens is 2. The van der Waals surface area contributed by atoms with Crippen LogP contribution in [0.3, 0.4) is 0 Å². The number of allylic oxidation sites excluding steroid dienone is 1. The molecule has 1 N–H and O–H groups in total. The molecule has 6 nitrogen and oxygen atoms in total. The molecule has 0 aromatic carbocycles. The van der Waals surface area contributed by atoms with Crippen molar-refractivity contribution in [3.8, 4) is 0 Å². The Morgan fingerprint density at radius 3 is 2.81 bits per heavy atom. The number of rotatable bonds is 5. The van der Waals surface area contributed by atoms with Gasteiger partial charge in [0.15, 0.2) is 0 Å². The molecule has 0 aliphatic carbocycles. The van der Waals surface area contributed by atoms with Gasteiger partial charge in [0.1, 0.15) is 5.69 Å². The second-order valence-electron chi connectivity index (χ2n) is 6.99. The standard InChI is InChI=1S/C18H24F2N4O2/c1-4-5-10(2)17(25)22-13-8-11-6-7-14(13)24(11)18(26)12-9-21-23(3)15(12)16(19)20/h5,9,11,13-14,16H,4,6-8H2,1-3H3,(H,22,25)/t11-,13+,14+/m0/s1. The van der Waals surface area contributed by atoms with Gasteiger partial charge in [0, 0.05) is 18.7 Å². The van der Waals surface area contributed by atoms with Crippen molar-refractivity contribution in [3.63, 3.8) is 0 Å². The molecule has 0 spiro atoms. The minimum absolute atomic E-state index is 0.0287. The molecule has 2 aliphatic heterocycles. The van der Waals surface area contributed by atoms with Crippen LogP contribution in [-0.4, -0.2) is 44.6 Å². The third-order valence-corrected chi connectivity index (χ3v) is 5.38. The van der Waals surface area contributed by atoms with Crippen molar-refractivity contribution < 1.29 is 18.4 Å². The zero-order valence-corrected chi connectivity index (χ0v) is 15.2. The molecule has 2 aliphatic rings. The highest BCUT2D eigenvalue weighted by Gasteiger charge is 2.49. The smallest absolute Gasteiger partial charge is 0.280 e. The van der Waals surface area contributed by atoms with E-state index in [1.807, 2.05) is 13.0 Å². The fourth-order valence-electron chi connectivity index (χ4n) is 4.15. The second kappa shape index (κ2) is 7.17. The lowest BCUT2D eigenvalue weighted by Crippen LogP contribution is -2.45. The Labute approximate surface area is 151 Å². The van der Waals surface area contributed by atoms with Crippen LogP contribution in [0.2, 0.25) is 0 Å². The van der Waals surface area contributed by atoms with E-state index in [1.54, 1.807) is 11.8 Å². The number of carbonyl (C=O) groups is 2. The van der Waals surface area contributed by atoms with Gasteiger partial charge in [-0.3, -0.25) is 14.3 Å². The van der Waals surface area contributed by atoms with Gasteiger partial charge in [0.05, 0.1) is 23.8 Å². The first-order valence-electron chi connectivity index (χ1n) is 8.95. The highest BCUT2D eigenvalue weighted by Crippen LogP contribution is 2.39. The fraction of sp³-hybridized carbons (Fsp3) is 0.611. The zero-order chi connectivity index (χ0) is 19.0. The van der Waals surface area contributed by atoms with Gasteiger partial charge in [-0.05, 0) is 32.6 Å². The first-order chi connectivity index (χ1) is 12.3. The summed E-state index contributed by atoms with van der Waals surface area (Å²) in [5, 5.41) is 6.83. The quantitative estimate of drug-likeness (QED) is 0.815. The maximum atomic E-state index is 13.3. The Hall–Kier alpha value is -2.25. The summed E-state index contributed by atoms with van der Waals surface area (Å²) < 4.78 is 27.6. The Kier molecular flexibility index (Phi) is 5.11. The van der Waals surface area contributed by atoms with Gasteiger partial charge in [-0.25, -0.2) is 8.78 Å². The number of fused-ring (bicyclic) bond motifs is 2. The van der Waals surface area contributed by atoms with Gasteiger partial charge in [-0.1, -0.05) is 13.0 Å². The first-order valence-corrected chi connectivity index (χ1v) is 8.95. The van der Waals surface area contributed by atoms with Crippen LogP contribution in [-0.2, 0) is 11.8 Å². The third-order valence-electron chi connectivity index (χ3n) is 5.38. The van der Waals surface area contributed by atoms with Gasteiger partial charge in [-0.15, -0.1) is 0 Å². The van der Waals surface area contributed by atoms with Crippen LogP contribution in [0.5, 0.6) is 0 Å². The van der Waals surface area contributed by atoms with Crippen molar-refractivity contribution in [1.29, 1.82) is 0 Å². The average molecular weight is 366 g/mol.